The summed E-state index contributed by atoms with van der Waals surface area (Å²) in [7, 11) is 0. The quantitative estimate of drug-likeness (QED) is 0.554. The monoisotopic (exact) mass is 420 g/mol. The number of nitrogens with zero attached hydrogens (tertiary/aromatic N) is 1. The van der Waals surface area contributed by atoms with Crippen molar-refractivity contribution in [3.63, 3.8) is 0 Å². The fourth-order valence-electron chi connectivity index (χ4n) is 1.95. The van der Waals surface area contributed by atoms with Crippen LogP contribution in [0, 0.1) is 0 Å². The number of thiazole rings is 1. The van der Waals surface area contributed by atoms with Crippen LogP contribution in [-0.4, -0.2) is 27.8 Å². The third-order valence-electron chi connectivity index (χ3n) is 3.07. The van der Waals surface area contributed by atoms with Crippen LogP contribution in [0.5, 0.6) is 0 Å². The molecular weight excluding hydrogens is 401 g/mol. The smallest absolute Gasteiger partial charge is 0.416 e. The molecule has 0 bridgehead atoms. The van der Waals surface area contributed by atoms with E-state index in [2.05, 4.69) is 10.3 Å². The number of alkyl halides is 3. The van der Waals surface area contributed by atoms with Crippen molar-refractivity contribution in [1.82, 2.24) is 10.3 Å². The Kier molecular flexibility index (Phi) is 6.77. The number of rotatable bonds is 5. The number of carbonyl (C=O) groups excluding carboxylic acids is 1. The van der Waals surface area contributed by atoms with Gasteiger partial charge in [0.05, 0.1) is 15.8 Å². The van der Waals surface area contributed by atoms with Gasteiger partial charge in [0.25, 0.3) is 0 Å². The van der Waals surface area contributed by atoms with Crippen LogP contribution in [-0.2, 0) is 22.1 Å². The van der Waals surface area contributed by atoms with Crippen molar-refractivity contribution in [2.45, 2.75) is 43.3 Å². The third kappa shape index (κ3) is 6.71. The highest BCUT2D eigenvalue weighted by molar-refractivity contribution is 7.96. The van der Waals surface area contributed by atoms with Crippen LogP contribution < -0.4 is 5.32 Å². The van der Waals surface area contributed by atoms with E-state index in [0.717, 1.165) is 23.5 Å². The second-order valence-electron chi connectivity index (χ2n) is 6.55. The lowest BCUT2D eigenvalue weighted by atomic mass is 10.2. The van der Waals surface area contributed by atoms with Gasteiger partial charge in [0.2, 0.25) is 0 Å². The Bertz CT molecular complexity index is 829. The predicted molar refractivity (Wildman–Crippen MR) is 99.0 cm³/mol. The highest BCUT2D eigenvalue weighted by atomic mass is 32.2. The molecule has 0 aliphatic rings. The highest BCUT2D eigenvalue weighted by Gasteiger charge is 2.31. The number of aromatic nitrogens is 1. The molecule has 1 atom stereocenters. The van der Waals surface area contributed by atoms with E-state index in [-0.39, 0.29) is 9.86 Å². The molecule has 27 heavy (non-hydrogen) atoms. The van der Waals surface area contributed by atoms with Crippen molar-refractivity contribution in [3.8, 4) is 0 Å². The van der Waals surface area contributed by atoms with E-state index in [4.69, 9.17) is 4.74 Å². The molecule has 10 heteroatoms. The molecule has 148 valence electrons. The summed E-state index contributed by atoms with van der Waals surface area (Å²) in [5.74, 6) is 0. The Balaban J connectivity index is 1.91. The fourth-order valence-corrected chi connectivity index (χ4v) is 4.01. The molecule has 1 aromatic carbocycles. The molecule has 0 radical (unpaired) electrons. The van der Waals surface area contributed by atoms with Gasteiger partial charge >= 0.3 is 16.6 Å². The largest absolute Gasteiger partial charge is 0.605 e. The Morgan fingerprint density at radius 1 is 1.37 bits per heavy atom. The van der Waals surface area contributed by atoms with Gasteiger partial charge in [-0.05, 0) is 51.5 Å². The molecule has 1 unspecified atom stereocenters. The zero-order valence-corrected chi connectivity index (χ0v) is 16.6. The van der Waals surface area contributed by atoms with Crippen molar-refractivity contribution < 1.29 is 27.3 Å². The van der Waals surface area contributed by atoms with Crippen LogP contribution in [0.25, 0.3) is 10.2 Å². The van der Waals surface area contributed by atoms with Gasteiger partial charge in [0.15, 0.2) is 0 Å². The van der Waals surface area contributed by atoms with E-state index < -0.39 is 34.6 Å². The summed E-state index contributed by atoms with van der Waals surface area (Å²) in [4.78, 5) is 15.5. The first-order valence-corrected chi connectivity index (χ1v) is 10.0. The zero-order chi connectivity index (χ0) is 20.2. The molecule has 0 spiro atoms. The minimum Gasteiger partial charge on any atom is -0.605 e. The van der Waals surface area contributed by atoms with E-state index in [9.17, 15) is 22.5 Å². The maximum atomic E-state index is 12.7. The van der Waals surface area contributed by atoms with Crippen molar-refractivity contribution >= 4 is 38.8 Å². The lowest BCUT2D eigenvalue weighted by Crippen LogP contribution is -2.32. The van der Waals surface area contributed by atoms with Crippen molar-refractivity contribution in [2.75, 3.05) is 6.54 Å². The minimum absolute atomic E-state index is 0.165. The number of hydrogen-bond acceptors (Lipinski definition) is 5. The molecule has 0 fully saturated rings. The summed E-state index contributed by atoms with van der Waals surface area (Å²) in [6.07, 6.45) is -2.95. The van der Waals surface area contributed by atoms with Crippen LogP contribution in [0.3, 0.4) is 0 Å². The second kappa shape index (κ2) is 8.49. The molecule has 2 aromatic rings. The Labute approximate surface area is 161 Å². The summed E-state index contributed by atoms with van der Waals surface area (Å²) in [5.41, 5.74) is -1.21. The summed E-state index contributed by atoms with van der Waals surface area (Å²) < 4.78 is 56.3. The van der Waals surface area contributed by atoms with Gasteiger partial charge in [-0.3, -0.25) is 0 Å². The van der Waals surface area contributed by atoms with Crippen molar-refractivity contribution in [1.29, 1.82) is 0 Å². The number of fused-ring (bicyclic) bond motifs is 1. The first-order chi connectivity index (χ1) is 12.5. The normalized spacial score (nSPS) is 13.9. The molecule has 1 aromatic heterocycles. The third-order valence-corrected chi connectivity index (χ3v) is 5.52. The summed E-state index contributed by atoms with van der Waals surface area (Å²) in [6.45, 7) is 5.57. The van der Waals surface area contributed by atoms with Crippen LogP contribution in [0.4, 0.5) is 18.0 Å². The second-order valence-corrected chi connectivity index (χ2v) is 9.09. The van der Waals surface area contributed by atoms with Crippen molar-refractivity contribution in [3.05, 3.63) is 35.2 Å². The number of carbonyl (C=O) groups is 1. The number of nitrogens with one attached hydrogen (secondary N) is 1. The molecule has 0 aliphatic heterocycles. The van der Waals surface area contributed by atoms with Crippen LogP contribution in [0.15, 0.2) is 34.0 Å². The highest BCUT2D eigenvalue weighted by Crippen LogP contribution is 2.34. The average Bonchev–Trinajstić information content (AvgIpc) is 2.95. The van der Waals surface area contributed by atoms with Gasteiger partial charge in [0, 0.05) is 17.7 Å². The van der Waals surface area contributed by atoms with E-state index in [0.29, 0.717) is 17.7 Å². The van der Waals surface area contributed by atoms with Gasteiger partial charge in [0.1, 0.15) is 11.0 Å². The van der Waals surface area contributed by atoms with Gasteiger partial charge in [-0.15, -0.1) is 0 Å². The first-order valence-electron chi connectivity index (χ1n) is 7.97. The number of halogens is 3. The van der Waals surface area contributed by atoms with E-state index >= 15 is 0 Å². The Hall–Kier alpha value is -1.78. The predicted octanol–water partition coefficient (Wildman–Crippen LogP) is 4.85. The van der Waals surface area contributed by atoms with Gasteiger partial charge in [-0.2, -0.15) is 18.2 Å². The Morgan fingerprint density at radius 2 is 2.07 bits per heavy atom. The maximum Gasteiger partial charge on any atom is 0.416 e. The van der Waals surface area contributed by atoms with E-state index in [1.54, 1.807) is 26.8 Å². The maximum absolute atomic E-state index is 12.7. The summed E-state index contributed by atoms with van der Waals surface area (Å²) in [5, 5.41) is 3.97. The fraction of sp³-hybridized carbons (Fsp3) is 0.412. The molecule has 0 saturated carbocycles. The SMILES string of the molecule is CC(C)(C)OC(=O)NCC/C=C/[S+]([O-])c1nc2cc(C(F)(F)F)ccc2s1. The molecule has 2 rings (SSSR count). The molecule has 1 amide bonds. The molecular formula is C17H19F3N2O3S2. The molecule has 0 aliphatic carbocycles. The van der Waals surface area contributed by atoms with E-state index in [1.165, 1.54) is 11.5 Å². The first kappa shape index (κ1) is 21.5. The molecule has 0 saturated heterocycles. The zero-order valence-electron chi connectivity index (χ0n) is 14.9. The summed E-state index contributed by atoms with van der Waals surface area (Å²) in [6, 6.07) is 3.25. The van der Waals surface area contributed by atoms with Crippen LogP contribution in [0.1, 0.15) is 32.8 Å². The van der Waals surface area contributed by atoms with Crippen molar-refractivity contribution in [2.24, 2.45) is 0 Å². The average molecular weight is 420 g/mol. The lowest BCUT2D eigenvalue weighted by Gasteiger charge is -2.19. The van der Waals surface area contributed by atoms with Gasteiger partial charge in [-0.1, -0.05) is 11.3 Å². The summed E-state index contributed by atoms with van der Waals surface area (Å²) >= 11 is -0.492. The lowest BCUT2D eigenvalue weighted by molar-refractivity contribution is -0.137. The molecule has 1 N–H and O–H groups in total. The number of benzene rings is 1. The molecule has 1 heterocycles. The van der Waals surface area contributed by atoms with Gasteiger partial charge < -0.3 is 14.6 Å². The number of amides is 1. The van der Waals surface area contributed by atoms with Crippen LogP contribution in [0.2, 0.25) is 0 Å². The topological polar surface area (TPSA) is 74.3 Å². The number of hydrogen-bond donors (Lipinski definition) is 1. The van der Waals surface area contributed by atoms with E-state index in [1.807, 2.05) is 0 Å². The minimum atomic E-state index is -4.45. The Morgan fingerprint density at radius 3 is 2.70 bits per heavy atom. The van der Waals surface area contributed by atoms with Crippen LogP contribution >= 0.6 is 11.3 Å². The van der Waals surface area contributed by atoms with Gasteiger partial charge in [-0.25, -0.2) is 4.79 Å². The number of ether oxygens (including phenoxy) is 1. The molecule has 5 nitrogen and oxygen atoms in total. The standard InChI is InChI=1S/C17H19F3N2O3S2/c1-16(2,3)25-14(23)21-8-4-5-9-27(24)15-22-12-10-11(17(18,19)20)6-7-13(12)26-15/h5-7,9-10H,4,8H2,1-3H3,(H,21,23)/b9-5+. The number of alkyl carbamates (subject to hydrolysis) is 1.